The summed E-state index contributed by atoms with van der Waals surface area (Å²) in [6.45, 7) is 0. The maximum absolute atomic E-state index is 2.40. The van der Waals surface area contributed by atoms with Crippen molar-refractivity contribution in [1.82, 2.24) is 0 Å². The van der Waals surface area contributed by atoms with Crippen LogP contribution >= 0.6 is 0 Å². The number of rotatable bonds is 7. The molecular weight excluding hydrogens is 567 g/mol. The Bertz CT molecular complexity index is 2270. The van der Waals surface area contributed by atoms with Gasteiger partial charge in [0.1, 0.15) is 0 Å². The number of fused-ring (bicyclic) bond motifs is 1. The van der Waals surface area contributed by atoms with Crippen LogP contribution in [0.3, 0.4) is 0 Å². The number of hydrogen-bond acceptors (Lipinski definition) is 1. The highest BCUT2D eigenvalue weighted by atomic mass is 15.1. The highest BCUT2D eigenvalue weighted by Crippen LogP contribution is 2.48. The summed E-state index contributed by atoms with van der Waals surface area (Å²) in [6.07, 6.45) is 0. The van der Waals surface area contributed by atoms with Gasteiger partial charge in [-0.25, -0.2) is 0 Å². The zero-order valence-corrected chi connectivity index (χ0v) is 26.0. The first-order valence-electron chi connectivity index (χ1n) is 16.1. The van der Waals surface area contributed by atoms with Gasteiger partial charge < -0.3 is 4.90 Å². The second-order valence-corrected chi connectivity index (χ2v) is 11.8. The Balaban J connectivity index is 1.34. The van der Waals surface area contributed by atoms with Gasteiger partial charge in [-0.3, -0.25) is 0 Å². The maximum Gasteiger partial charge on any atom is 0.0546 e. The monoisotopic (exact) mass is 599 g/mol. The Kier molecular flexibility index (Phi) is 7.63. The van der Waals surface area contributed by atoms with Crippen LogP contribution < -0.4 is 4.90 Å². The topological polar surface area (TPSA) is 3.24 Å². The van der Waals surface area contributed by atoms with Crippen molar-refractivity contribution >= 4 is 27.8 Å². The Labute approximate surface area is 276 Å². The van der Waals surface area contributed by atoms with Crippen LogP contribution in [0.5, 0.6) is 0 Å². The molecular formula is C46H33N. The smallest absolute Gasteiger partial charge is 0.0546 e. The van der Waals surface area contributed by atoms with E-state index in [2.05, 4.69) is 205 Å². The van der Waals surface area contributed by atoms with E-state index in [4.69, 9.17) is 0 Å². The lowest BCUT2D eigenvalue weighted by molar-refractivity contribution is 1.28. The summed E-state index contributed by atoms with van der Waals surface area (Å²) in [4.78, 5) is 2.40. The van der Waals surface area contributed by atoms with E-state index in [-0.39, 0.29) is 0 Å². The average Bonchev–Trinajstić information content (AvgIpc) is 3.16. The van der Waals surface area contributed by atoms with Gasteiger partial charge >= 0.3 is 0 Å². The predicted octanol–water partition coefficient (Wildman–Crippen LogP) is 13.0. The average molecular weight is 600 g/mol. The first kappa shape index (κ1) is 28.3. The van der Waals surface area contributed by atoms with E-state index in [0.29, 0.717) is 0 Å². The fraction of sp³-hybridized carbons (Fsp3) is 0. The highest BCUT2D eigenvalue weighted by Gasteiger charge is 2.22. The zero-order chi connectivity index (χ0) is 31.4. The standard InChI is InChI=1S/C46H33N/c1-4-16-36(17-5-1)42-23-12-13-24-44(42)46-43(37-18-6-2-7-19-37)25-14-26-45(46)47(40-21-8-3-9-22-40)41-31-29-35(30-32-41)39-28-27-34-15-10-11-20-38(34)33-39/h1-33H. The van der Waals surface area contributed by atoms with Gasteiger partial charge in [0.05, 0.1) is 5.69 Å². The van der Waals surface area contributed by atoms with Crippen LogP contribution in [-0.4, -0.2) is 0 Å². The van der Waals surface area contributed by atoms with Gasteiger partial charge in [-0.15, -0.1) is 0 Å². The summed E-state index contributed by atoms with van der Waals surface area (Å²) >= 11 is 0. The van der Waals surface area contributed by atoms with Crippen molar-refractivity contribution in [2.75, 3.05) is 4.90 Å². The van der Waals surface area contributed by atoms with Gasteiger partial charge in [0.25, 0.3) is 0 Å². The summed E-state index contributed by atoms with van der Waals surface area (Å²) in [5, 5.41) is 2.50. The number of anilines is 3. The molecule has 0 heterocycles. The predicted molar refractivity (Wildman–Crippen MR) is 200 cm³/mol. The maximum atomic E-state index is 2.40. The van der Waals surface area contributed by atoms with Crippen molar-refractivity contribution in [1.29, 1.82) is 0 Å². The minimum Gasteiger partial charge on any atom is -0.310 e. The number of hydrogen-bond donors (Lipinski definition) is 0. The van der Waals surface area contributed by atoms with Crippen molar-refractivity contribution in [2.45, 2.75) is 0 Å². The van der Waals surface area contributed by atoms with Gasteiger partial charge in [0.2, 0.25) is 0 Å². The number of para-hydroxylation sites is 1. The molecule has 0 aliphatic heterocycles. The minimum atomic E-state index is 1.10. The largest absolute Gasteiger partial charge is 0.310 e. The van der Waals surface area contributed by atoms with Crippen LogP contribution in [0.2, 0.25) is 0 Å². The molecule has 0 aromatic heterocycles. The molecule has 0 bridgehead atoms. The SMILES string of the molecule is c1ccc(-c2ccccc2-c2c(-c3ccccc3)cccc2N(c2ccccc2)c2ccc(-c3ccc4ccccc4c3)cc2)cc1. The molecule has 0 aliphatic carbocycles. The Morgan fingerprint density at radius 1 is 0.277 bits per heavy atom. The van der Waals surface area contributed by atoms with E-state index in [1.807, 2.05) is 0 Å². The second kappa shape index (κ2) is 12.7. The van der Waals surface area contributed by atoms with Crippen molar-refractivity contribution < 1.29 is 0 Å². The fourth-order valence-corrected chi connectivity index (χ4v) is 6.61. The number of benzene rings is 8. The summed E-state index contributed by atoms with van der Waals surface area (Å²) in [7, 11) is 0. The van der Waals surface area contributed by atoms with E-state index < -0.39 is 0 Å². The van der Waals surface area contributed by atoms with Gasteiger partial charge in [0, 0.05) is 16.9 Å². The van der Waals surface area contributed by atoms with Crippen molar-refractivity contribution in [3.63, 3.8) is 0 Å². The molecule has 0 saturated heterocycles. The van der Waals surface area contributed by atoms with Crippen molar-refractivity contribution in [2.24, 2.45) is 0 Å². The van der Waals surface area contributed by atoms with E-state index >= 15 is 0 Å². The normalized spacial score (nSPS) is 11.0. The Hall–Kier alpha value is -6.18. The highest BCUT2D eigenvalue weighted by molar-refractivity contribution is 6.01. The summed E-state index contributed by atoms with van der Waals surface area (Å²) in [6, 6.07) is 71.9. The number of nitrogens with zero attached hydrogens (tertiary/aromatic N) is 1. The van der Waals surface area contributed by atoms with E-state index in [0.717, 1.165) is 17.1 Å². The third kappa shape index (κ3) is 5.60. The lowest BCUT2D eigenvalue weighted by Gasteiger charge is -2.30. The molecule has 47 heavy (non-hydrogen) atoms. The first-order chi connectivity index (χ1) is 23.3. The Morgan fingerprint density at radius 3 is 1.49 bits per heavy atom. The summed E-state index contributed by atoms with van der Waals surface area (Å²) in [5.41, 5.74) is 12.9. The molecule has 8 aromatic carbocycles. The second-order valence-electron chi connectivity index (χ2n) is 11.8. The molecule has 1 heteroatoms. The lowest BCUT2D eigenvalue weighted by atomic mass is 9.87. The molecule has 8 rings (SSSR count). The van der Waals surface area contributed by atoms with Crippen LogP contribution in [0.1, 0.15) is 0 Å². The molecule has 8 aromatic rings. The third-order valence-corrected chi connectivity index (χ3v) is 8.87. The molecule has 0 unspecified atom stereocenters. The Morgan fingerprint density at radius 2 is 0.787 bits per heavy atom. The van der Waals surface area contributed by atoms with Gasteiger partial charge in [-0.05, 0) is 86.1 Å². The van der Waals surface area contributed by atoms with E-state index in [1.165, 1.54) is 55.3 Å². The molecule has 0 fully saturated rings. The molecule has 0 aliphatic rings. The van der Waals surface area contributed by atoms with Gasteiger partial charge in [-0.1, -0.05) is 164 Å². The molecule has 222 valence electrons. The van der Waals surface area contributed by atoms with Crippen molar-refractivity contribution in [3.05, 3.63) is 200 Å². The van der Waals surface area contributed by atoms with Crippen LogP contribution in [0.25, 0.3) is 55.3 Å². The third-order valence-electron chi connectivity index (χ3n) is 8.87. The molecule has 0 radical (unpaired) electrons. The van der Waals surface area contributed by atoms with Crippen LogP contribution in [-0.2, 0) is 0 Å². The van der Waals surface area contributed by atoms with Gasteiger partial charge in [0.15, 0.2) is 0 Å². The van der Waals surface area contributed by atoms with Crippen molar-refractivity contribution in [3.8, 4) is 44.5 Å². The quantitative estimate of drug-likeness (QED) is 0.176. The zero-order valence-electron chi connectivity index (χ0n) is 26.0. The molecule has 0 spiro atoms. The van der Waals surface area contributed by atoms with E-state index in [9.17, 15) is 0 Å². The summed E-state index contributed by atoms with van der Waals surface area (Å²) in [5.74, 6) is 0. The fourth-order valence-electron chi connectivity index (χ4n) is 6.61. The minimum absolute atomic E-state index is 1.10. The van der Waals surface area contributed by atoms with Gasteiger partial charge in [-0.2, -0.15) is 0 Å². The molecule has 0 atom stereocenters. The molecule has 0 saturated carbocycles. The summed E-state index contributed by atoms with van der Waals surface area (Å²) < 4.78 is 0. The molecule has 0 amide bonds. The molecule has 1 nitrogen and oxygen atoms in total. The van der Waals surface area contributed by atoms with Crippen LogP contribution in [0.4, 0.5) is 17.1 Å². The van der Waals surface area contributed by atoms with Crippen LogP contribution in [0.15, 0.2) is 200 Å². The first-order valence-corrected chi connectivity index (χ1v) is 16.1. The lowest BCUT2D eigenvalue weighted by Crippen LogP contribution is -2.12. The van der Waals surface area contributed by atoms with E-state index in [1.54, 1.807) is 0 Å². The molecule has 0 N–H and O–H groups in total. The van der Waals surface area contributed by atoms with Crippen LogP contribution in [0, 0.1) is 0 Å².